The Kier molecular flexibility index (Phi) is 26.0. The van der Waals surface area contributed by atoms with Crippen molar-refractivity contribution < 1.29 is 46.0 Å². The highest BCUT2D eigenvalue weighted by molar-refractivity contribution is 5.69. The molecule has 138 heavy (non-hydrogen) atoms. The van der Waals surface area contributed by atoms with Gasteiger partial charge in [0.15, 0.2) is 28.2 Å². The quantitative estimate of drug-likeness (QED) is 0.0342. The van der Waals surface area contributed by atoms with Crippen LogP contribution >= 0.6 is 0 Å². The van der Waals surface area contributed by atoms with E-state index in [2.05, 4.69) is 45.9 Å². The van der Waals surface area contributed by atoms with Crippen molar-refractivity contribution in [1.29, 1.82) is 0 Å². The second-order valence-electron chi connectivity index (χ2n) is 35.1. The summed E-state index contributed by atoms with van der Waals surface area (Å²) in [7, 11) is 1.94. The van der Waals surface area contributed by atoms with Crippen LogP contribution in [0.3, 0.4) is 0 Å². The number of fused-ring (bicyclic) bond motifs is 5. The Labute approximate surface area is 795 Å². The Morgan fingerprint density at radius 1 is 0.283 bits per heavy atom. The molecule has 11 aromatic heterocycles. The molecule has 0 spiro atoms. The fourth-order valence-corrected chi connectivity index (χ4v) is 17.4. The SMILES string of the molecule is CC(C)c1nc(-c2ccccc2)cn2c(O)c(Cc3ccc(O)cc3)nc12.Cc1nc(-c2ccccc2)cn2c(O)c(Cc3ccc(O)cc3)nc12.Cn1ccnc1Cc1nc2c(Cc3ccccc3)nc(-c3ccccc3)cn2c1O.Oc1ccc(Cc2nc3c(C4CC4)nc(-c4ccccc4)cn3c2O)cc1.Oc1ccc(Cc2nc3c(C4CCCC4)nc(-c4ccccc4)cn3c2O)cc1. The van der Waals surface area contributed by atoms with Crippen molar-refractivity contribution in [3.05, 3.63) is 413 Å². The van der Waals surface area contributed by atoms with Gasteiger partial charge in [-0.1, -0.05) is 257 Å². The highest BCUT2D eigenvalue weighted by Crippen LogP contribution is 2.44. The standard InChI is InChI=1S/C24H21N5O.C24H23N3O2.C22H19N3O2.C22H21N3O2.C20H17N3O2/c1-28-13-12-25-22(28)15-20-24(30)29-16-21(18-10-6-3-7-11-18)26-19(23(29)27-20)14-17-8-4-2-5-9-17;28-19-12-10-16(11-13-19)14-20-24(29)27-15-21(17-6-2-1-3-7-17)25-22(23(27)26-20)18-8-4-5-9-18;26-17-10-6-14(7-11-17)12-18-22(27)25-13-19(15-4-2-1-3-5-15)23-20(16-8-9-16)21(25)24-18;1-14(2)20-21-24-18(12-15-8-10-17(26)11-9-15)22(27)25(21)13-19(23-20)16-6-4-3-5-7-16;1-13-19-22-17(11-14-7-9-16(24)10-8-14)20(25)23(19)12-18(21-13)15-5-3-2-4-6-15/h2-13,16,30H,14-15H2,1H3;1-3,6-7,10-13,15,18,28-29H,4-5,8-9,14H2;1-7,10-11,13,16,26-27H,8-9,12H2;3-11,13-14,26-27H,12H2,1-2H3;2-10,12,24-25H,11H2,1H3. The first kappa shape index (κ1) is 89.9. The van der Waals surface area contributed by atoms with E-state index in [1.807, 2.05) is 268 Å². The normalized spacial score (nSPS) is 12.5. The van der Waals surface area contributed by atoms with Crippen molar-refractivity contribution in [2.24, 2.45) is 7.05 Å². The van der Waals surface area contributed by atoms with E-state index in [1.54, 1.807) is 82.9 Å². The number of rotatable bonds is 20. The van der Waals surface area contributed by atoms with Gasteiger partial charge in [0.25, 0.3) is 0 Å². The molecule has 0 amide bonds. The predicted molar refractivity (Wildman–Crippen MR) is 531 cm³/mol. The number of aromatic hydroxyl groups is 9. The average molecular weight is 1830 g/mol. The van der Waals surface area contributed by atoms with Crippen LogP contribution in [0.2, 0.25) is 0 Å². The topological polar surface area (TPSA) is 351 Å². The number of phenolic OH excluding ortho intramolecular Hbond substituents is 4. The van der Waals surface area contributed by atoms with Crippen LogP contribution in [-0.4, -0.2) is 127 Å². The molecule has 0 aliphatic heterocycles. The van der Waals surface area contributed by atoms with Gasteiger partial charge in [-0.05, 0) is 115 Å². The molecule has 0 saturated heterocycles. The molecular formula is C112H101N17O9. The smallest absolute Gasteiger partial charge is 0.219 e. The minimum atomic E-state index is 0.116. The van der Waals surface area contributed by atoms with E-state index in [0.717, 1.165) is 155 Å². The van der Waals surface area contributed by atoms with Crippen LogP contribution in [0.25, 0.3) is 84.5 Å². The maximum Gasteiger partial charge on any atom is 0.219 e. The fourth-order valence-electron chi connectivity index (χ4n) is 17.4. The molecule has 2 aliphatic carbocycles. The largest absolute Gasteiger partial charge is 0.508 e. The summed E-state index contributed by atoms with van der Waals surface area (Å²) in [5, 5.41) is 92.0. The molecule has 9 N–H and O–H groups in total. The highest BCUT2D eigenvalue weighted by atomic mass is 16.3. The van der Waals surface area contributed by atoms with Crippen molar-refractivity contribution in [2.75, 3.05) is 0 Å². The van der Waals surface area contributed by atoms with Crippen LogP contribution < -0.4 is 0 Å². The molecule has 23 rings (SSSR count). The summed E-state index contributed by atoms with van der Waals surface area (Å²) >= 11 is 0. The lowest BCUT2D eigenvalue weighted by molar-refractivity contribution is 0.441. The Hall–Kier alpha value is -17.3. The van der Waals surface area contributed by atoms with Crippen molar-refractivity contribution in [3.63, 3.8) is 0 Å². The third-order valence-electron chi connectivity index (χ3n) is 24.9. The van der Waals surface area contributed by atoms with Gasteiger partial charge in [-0.15, -0.1) is 0 Å². The lowest BCUT2D eigenvalue weighted by Crippen LogP contribution is -2.03. The lowest BCUT2D eigenvalue weighted by Gasteiger charge is -2.12. The Morgan fingerprint density at radius 2 is 0.565 bits per heavy atom. The molecule has 2 aliphatic rings. The predicted octanol–water partition coefficient (Wildman–Crippen LogP) is 21.6. The van der Waals surface area contributed by atoms with E-state index in [9.17, 15) is 46.0 Å². The van der Waals surface area contributed by atoms with Crippen LogP contribution in [0.1, 0.15) is 161 Å². The van der Waals surface area contributed by atoms with Crippen molar-refractivity contribution in [2.45, 2.75) is 116 Å². The molecule has 11 heterocycles. The second kappa shape index (κ2) is 39.9. The minimum Gasteiger partial charge on any atom is -0.508 e. The fraction of sp³-hybridized carbons (Fsp3) is 0.170. The van der Waals surface area contributed by atoms with Gasteiger partial charge < -0.3 is 50.5 Å². The number of imidazole rings is 6. The van der Waals surface area contributed by atoms with E-state index >= 15 is 0 Å². The zero-order chi connectivity index (χ0) is 95.0. The van der Waals surface area contributed by atoms with Gasteiger partial charge >= 0.3 is 0 Å². The summed E-state index contributed by atoms with van der Waals surface area (Å²) in [4.78, 5) is 52.1. The van der Waals surface area contributed by atoms with Gasteiger partial charge in [0.2, 0.25) is 29.4 Å². The summed E-state index contributed by atoms with van der Waals surface area (Å²) in [5.41, 5.74) is 25.0. The number of aromatic nitrogens is 17. The maximum absolute atomic E-state index is 11.0. The number of benzene rings is 10. The molecule has 10 aromatic carbocycles. The van der Waals surface area contributed by atoms with Crippen LogP contribution in [-0.2, 0) is 45.6 Å². The molecule has 21 aromatic rings. The zero-order valence-corrected chi connectivity index (χ0v) is 76.4. The van der Waals surface area contributed by atoms with Crippen molar-refractivity contribution >= 4 is 28.2 Å². The summed E-state index contributed by atoms with van der Waals surface area (Å²) in [5.74, 6) is 3.38. The minimum absolute atomic E-state index is 0.116. The van der Waals surface area contributed by atoms with E-state index in [1.165, 1.54) is 12.8 Å². The second-order valence-corrected chi connectivity index (χ2v) is 35.1. The molecule has 0 radical (unpaired) electrons. The van der Waals surface area contributed by atoms with Gasteiger partial charge in [0, 0.05) is 122 Å². The van der Waals surface area contributed by atoms with Crippen LogP contribution in [0.5, 0.6) is 52.4 Å². The van der Waals surface area contributed by atoms with E-state index in [-0.39, 0.29) is 58.3 Å². The molecule has 26 heteroatoms. The molecule has 688 valence electrons. The summed E-state index contributed by atoms with van der Waals surface area (Å²) in [6.07, 6.45) is 22.8. The van der Waals surface area contributed by atoms with Gasteiger partial charge in [-0.3, -0.25) is 22.0 Å². The average Bonchev–Trinajstić information content (AvgIpc) is 1.61. The van der Waals surface area contributed by atoms with E-state index < -0.39 is 0 Å². The van der Waals surface area contributed by atoms with Crippen LogP contribution in [0.15, 0.2) is 322 Å². The molecule has 0 bridgehead atoms. The number of hydrogen-bond donors (Lipinski definition) is 9. The van der Waals surface area contributed by atoms with Gasteiger partial charge in [0.05, 0.1) is 63.4 Å². The first-order valence-electron chi connectivity index (χ1n) is 46.1. The van der Waals surface area contributed by atoms with Crippen LogP contribution in [0, 0.1) is 6.92 Å². The molecule has 2 saturated carbocycles. The third-order valence-corrected chi connectivity index (χ3v) is 24.9. The lowest BCUT2D eigenvalue weighted by atomic mass is 10.0. The molecule has 0 atom stereocenters. The number of phenols is 4. The number of aryl methyl sites for hydroxylation is 2. The Balaban J connectivity index is 0.000000110. The van der Waals surface area contributed by atoms with E-state index in [4.69, 9.17) is 34.9 Å². The van der Waals surface area contributed by atoms with Gasteiger partial charge in [-0.2, -0.15) is 0 Å². The molecule has 26 nitrogen and oxygen atoms in total. The van der Waals surface area contributed by atoms with Gasteiger partial charge in [-0.25, -0.2) is 54.8 Å². The number of nitrogens with zero attached hydrogens (tertiary/aromatic N) is 17. The summed E-state index contributed by atoms with van der Waals surface area (Å²) in [6, 6.07) is 87.8. The van der Waals surface area contributed by atoms with Gasteiger partial charge in [0.1, 0.15) is 57.3 Å². The maximum atomic E-state index is 11.0. The van der Waals surface area contributed by atoms with Crippen LogP contribution in [0.4, 0.5) is 0 Å². The first-order valence-corrected chi connectivity index (χ1v) is 46.1. The Bertz CT molecular complexity index is 7670. The van der Waals surface area contributed by atoms with Crippen molar-refractivity contribution in [1.82, 2.24) is 81.4 Å². The highest BCUT2D eigenvalue weighted by Gasteiger charge is 2.32. The number of hydrogen-bond acceptors (Lipinski definition) is 20. The Morgan fingerprint density at radius 3 is 0.920 bits per heavy atom. The van der Waals surface area contributed by atoms with Crippen molar-refractivity contribution in [3.8, 4) is 109 Å². The molecule has 0 unspecified atom stereocenters. The third kappa shape index (κ3) is 20.0. The first-order chi connectivity index (χ1) is 67.2. The summed E-state index contributed by atoms with van der Waals surface area (Å²) in [6.45, 7) is 6.03. The monoisotopic (exact) mass is 1830 g/mol. The van der Waals surface area contributed by atoms with E-state index in [0.29, 0.717) is 95.8 Å². The molecular weight excluding hydrogens is 1730 g/mol. The summed E-state index contributed by atoms with van der Waals surface area (Å²) < 4.78 is 10.6. The molecule has 2 fully saturated rings. The zero-order valence-electron chi connectivity index (χ0n) is 76.4.